The molecule has 0 aromatic heterocycles. The molecule has 6 rings (SSSR count). The van der Waals surface area contributed by atoms with Gasteiger partial charge in [0, 0.05) is 37.9 Å². The third kappa shape index (κ3) is 4.97. The highest BCUT2D eigenvalue weighted by Gasteiger charge is 2.72. The van der Waals surface area contributed by atoms with Gasteiger partial charge in [0.25, 0.3) is 0 Å². The van der Waals surface area contributed by atoms with Crippen LogP contribution >= 0.6 is 0 Å². The highest BCUT2D eigenvalue weighted by atomic mass is 16.5. The lowest BCUT2D eigenvalue weighted by Crippen LogP contribution is -2.56. The van der Waals surface area contributed by atoms with Crippen molar-refractivity contribution in [3.05, 3.63) is 41.5 Å². The van der Waals surface area contributed by atoms with Crippen molar-refractivity contribution in [2.45, 2.75) is 76.2 Å². The van der Waals surface area contributed by atoms with Crippen molar-refractivity contribution in [2.24, 2.45) is 11.8 Å². The van der Waals surface area contributed by atoms with E-state index in [1.165, 1.54) is 6.42 Å². The number of anilines is 1. The van der Waals surface area contributed by atoms with E-state index in [1.54, 1.807) is 4.90 Å². The lowest BCUT2D eigenvalue weighted by atomic mass is 9.74. The monoisotopic (exact) mass is 550 g/mol. The number of aryl methyl sites for hydroxylation is 2. The van der Waals surface area contributed by atoms with Gasteiger partial charge in [-0.25, -0.2) is 0 Å². The Morgan fingerprint density at radius 1 is 1.02 bits per heavy atom. The van der Waals surface area contributed by atoms with Crippen LogP contribution in [0.4, 0.5) is 5.69 Å². The second-order valence-corrected chi connectivity index (χ2v) is 12.2. The Morgan fingerprint density at radius 2 is 1.80 bits per heavy atom. The van der Waals surface area contributed by atoms with Crippen LogP contribution in [0.1, 0.15) is 49.7 Å². The fraction of sp³-hybridized carbons (Fsp3) is 0.645. The molecule has 4 aliphatic heterocycles. The number of carbonyl (C=O) groups excluding carboxylic acids is 3. The molecule has 0 radical (unpaired) electrons. The van der Waals surface area contributed by atoms with Gasteiger partial charge in [-0.3, -0.25) is 19.3 Å². The number of hydrogen-bond donors (Lipinski definition) is 2. The molecule has 1 aromatic carbocycles. The van der Waals surface area contributed by atoms with E-state index in [0.29, 0.717) is 12.2 Å². The maximum atomic E-state index is 14.1. The van der Waals surface area contributed by atoms with Gasteiger partial charge in [-0.1, -0.05) is 37.5 Å². The molecule has 9 nitrogen and oxygen atoms in total. The standard InChI is InChI=1S/C31H42N4O5/c1-20-9-10-23(19-21(20)2)33-28(36)25-24-11-12-31(40-24)26(25)30(38)35(14-6-13-34-15-17-39-18-16-34)27(31)29(37)32-22-7-4-3-5-8-22/h9-12,19,22,24-27H,3-8,13-18H2,1-2H3,(H,32,37)(H,33,36)/t24-,25-,26-,27+,31-/m0/s1. The predicted octanol–water partition coefficient (Wildman–Crippen LogP) is 2.56. The van der Waals surface area contributed by atoms with Crippen LogP contribution in [0.2, 0.25) is 0 Å². The Kier molecular flexibility index (Phi) is 7.72. The fourth-order valence-electron chi connectivity index (χ4n) is 7.37. The Hall–Kier alpha value is -2.75. The fourth-order valence-corrected chi connectivity index (χ4v) is 7.37. The smallest absolute Gasteiger partial charge is 0.246 e. The molecule has 9 heteroatoms. The number of fused-ring (bicyclic) bond motifs is 1. The first-order chi connectivity index (χ1) is 19.4. The highest BCUT2D eigenvalue weighted by Crippen LogP contribution is 2.55. The van der Waals surface area contributed by atoms with Crippen LogP contribution in [0.3, 0.4) is 0 Å². The lowest BCUT2D eigenvalue weighted by Gasteiger charge is -2.34. The number of likely N-dealkylation sites (tertiary alicyclic amines) is 1. The minimum atomic E-state index is -1.12. The first kappa shape index (κ1) is 27.4. The Balaban J connectivity index is 1.24. The maximum absolute atomic E-state index is 14.1. The third-order valence-corrected chi connectivity index (χ3v) is 9.63. The van der Waals surface area contributed by atoms with E-state index in [-0.39, 0.29) is 23.8 Å². The maximum Gasteiger partial charge on any atom is 0.246 e. The van der Waals surface area contributed by atoms with Gasteiger partial charge in [0.15, 0.2) is 0 Å². The summed E-state index contributed by atoms with van der Waals surface area (Å²) in [5.41, 5.74) is 1.81. The second kappa shape index (κ2) is 11.3. The highest BCUT2D eigenvalue weighted by molar-refractivity contribution is 6.02. The van der Waals surface area contributed by atoms with Gasteiger partial charge >= 0.3 is 0 Å². The summed E-state index contributed by atoms with van der Waals surface area (Å²) >= 11 is 0. The van der Waals surface area contributed by atoms with Crippen molar-refractivity contribution in [1.82, 2.24) is 15.1 Å². The number of amides is 3. The van der Waals surface area contributed by atoms with Crippen LogP contribution in [0.5, 0.6) is 0 Å². The summed E-state index contributed by atoms with van der Waals surface area (Å²) in [7, 11) is 0. The third-order valence-electron chi connectivity index (χ3n) is 9.63. The number of ether oxygens (including phenoxy) is 2. The molecule has 5 aliphatic rings. The molecule has 1 aromatic rings. The molecule has 2 N–H and O–H groups in total. The number of nitrogens with zero attached hydrogens (tertiary/aromatic N) is 2. The minimum Gasteiger partial charge on any atom is -0.379 e. The first-order valence-electron chi connectivity index (χ1n) is 15.0. The zero-order valence-corrected chi connectivity index (χ0v) is 23.7. The van der Waals surface area contributed by atoms with Crippen LogP contribution < -0.4 is 10.6 Å². The number of benzene rings is 1. The summed E-state index contributed by atoms with van der Waals surface area (Å²) in [4.78, 5) is 45.8. The quantitative estimate of drug-likeness (QED) is 0.483. The van der Waals surface area contributed by atoms with E-state index in [0.717, 1.165) is 76.1 Å². The van der Waals surface area contributed by atoms with Crippen molar-refractivity contribution >= 4 is 23.4 Å². The topological polar surface area (TPSA) is 100 Å². The van der Waals surface area contributed by atoms with Crippen LogP contribution in [-0.4, -0.2) is 90.7 Å². The second-order valence-electron chi connectivity index (χ2n) is 12.2. The Morgan fingerprint density at radius 3 is 2.55 bits per heavy atom. The number of carbonyl (C=O) groups is 3. The van der Waals surface area contributed by atoms with E-state index >= 15 is 0 Å². The predicted molar refractivity (Wildman–Crippen MR) is 151 cm³/mol. The number of nitrogens with one attached hydrogen (secondary N) is 2. The van der Waals surface area contributed by atoms with Crippen LogP contribution in [0.25, 0.3) is 0 Å². The molecule has 216 valence electrons. The molecule has 0 unspecified atom stereocenters. The van der Waals surface area contributed by atoms with Crippen LogP contribution in [-0.2, 0) is 23.9 Å². The number of hydrogen-bond acceptors (Lipinski definition) is 6. The van der Waals surface area contributed by atoms with Crippen molar-refractivity contribution in [3.63, 3.8) is 0 Å². The molecule has 1 aliphatic carbocycles. The molecule has 3 amide bonds. The lowest BCUT2D eigenvalue weighted by molar-refractivity contribution is -0.141. The first-order valence-corrected chi connectivity index (χ1v) is 15.0. The molecule has 2 bridgehead atoms. The van der Waals surface area contributed by atoms with Crippen LogP contribution in [0.15, 0.2) is 30.4 Å². The summed E-state index contributed by atoms with van der Waals surface area (Å²) in [5, 5.41) is 6.30. The van der Waals surface area contributed by atoms with Crippen molar-refractivity contribution in [2.75, 3.05) is 44.7 Å². The Bertz CT molecular complexity index is 1170. The van der Waals surface area contributed by atoms with Gasteiger partial charge in [-0.2, -0.15) is 0 Å². The van der Waals surface area contributed by atoms with Gasteiger partial charge in [0.2, 0.25) is 17.7 Å². The molecule has 1 saturated carbocycles. The van der Waals surface area contributed by atoms with Gasteiger partial charge in [0.1, 0.15) is 11.6 Å². The van der Waals surface area contributed by atoms with Gasteiger partial charge in [0.05, 0.1) is 31.2 Å². The van der Waals surface area contributed by atoms with Gasteiger partial charge in [-0.15, -0.1) is 0 Å². The molecular formula is C31H42N4O5. The van der Waals surface area contributed by atoms with E-state index in [1.807, 2.05) is 44.2 Å². The van der Waals surface area contributed by atoms with E-state index in [4.69, 9.17) is 9.47 Å². The minimum absolute atomic E-state index is 0.119. The molecule has 4 fully saturated rings. The van der Waals surface area contributed by atoms with Crippen molar-refractivity contribution in [1.29, 1.82) is 0 Å². The molecule has 40 heavy (non-hydrogen) atoms. The zero-order valence-electron chi connectivity index (χ0n) is 23.7. The number of morpholine rings is 1. The van der Waals surface area contributed by atoms with Crippen LogP contribution in [0, 0.1) is 25.7 Å². The molecule has 4 heterocycles. The summed E-state index contributed by atoms with van der Waals surface area (Å²) in [6, 6.07) is 5.15. The SMILES string of the molecule is Cc1ccc(NC(=O)[C@H]2[C@@H]3C=C[C@]4(O3)[C@@H]2C(=O)N(CCCN2CCOCC2)[C@@H]4C(=O)NC2CCCCC2)cc1C. The molecule has 5 atom stereocenters. The average molecular weight is 551 g/mol. The molecular weight excluding hydrogens is 508 g/mol. The van der Waals surface area contributed by atoms with E-state index in [2.05, 4.69) is 15.5 Å². The molecule has 1 spiro atoms. The van der Waals surface area contributed by atoms with Crippen molar-refractivity contribution < 1.29 is 23.9 Å². The largest absolute Gasteiger partial charge is 0.379 e. The summed E-state index contributed by atoms with van der Waals surface area (Å²) < 4.78 is 12.0. The summed E-state index contributed by atoms with van der Waals surface area (Å²) in [6.45, 7) is 8.51. The van der Waals surface area contributed by atoms with Crippen molar-refractivity contribution in [3.8, 4) is 0 Å². The molecule has 3 saturated heterocycles. The zero-order chi connectivity index (χ0) is 27.9. The number of rotatable bonds is 8. The van der Waals surface area contributed by atoms with Gasteiger partial charge in [-0.05, 0) is 56.4 Å². The normalized spacial score (nSPS) is 31.9. The van der Waals surface area contributed by atoms with E-state index in [9.17, 15) is 14.4 Å². The van der Waals surface area contributed by atoms with E-state index < -0.39 is 29.6 Å². The Labute approximate surface area is 236 Å². The average Bonchev–Trinajstić information content (AvgIpc) is 3.59. The summed E-state index contributed by atoms with van der Waals surface area (Å²) in [5.74, 6) is -1.96. The summed E-state index contributed by atoms with van der Waals surface area (Å²) in [6.07, 6.45) is 9.31. The van der Waals surface area contributed by atoms with Gasteiger partial charge < -0.3 is 25.0 Å².